The maximum atomic E-state index is 5.73. The zero-order chi connectivity index (χ0) is 13.7. The lowest BCUT2D eigenvalue weighted by Gasteiger charge is -2.37. The normalized spacial score (nSPS) is 19.5. The van der Waals surface area contributed by atoms with Crippen LogP contribution < -0.4 is 5.32 Å². The molecular formula is C15H25N3O. The van der Waals surface area contributed by atoms with Gasteiger partial charge in [0, 0.05) is 32.4 Å². The second-order valence-corrected chi connectivity index (χ2v) is 5.76. The molecule has 0 unspecified atom stereocenters. The summed E-state index contributed by atoms with van der Waals surface area (Å²) >= 11 is 0. The Labute approximate surface area is 116 Å². The summed E-state index contributed by atoms with van der Waals surface area (Å²) in [7, 11) is 0. The van der Waals surface area contributed by atoms with E-state index in [0.717, 1.165) is 45.0 Å². The highest BCUT2D eigenvalue weighted by Crippen LogP contribution is 2.17. The van der Waals surface area contributed by atoms with Crippen LogP contribution in [0.1, 0.15) is 32.0 Å². The molecule has 1 aliphatic heterocycles. The van der Waals surface area contributed by atoms with Crippen molar-refractivity contribution in [2.24, 2.45) is 0 Å². The molecule has 1 N–H and O–H groups in total. The van der Waals surface area contributed by atoms with Crippen molar-refractivity contribution in [2.75, 3.05) is 26.2 Å². The molecule has 4 nitrogen and oxygen atoms in total. The van der Waals surface area contributed by atoms with Gasteiger partial charge < -0.3 is 10.1 Å². The van der Waals surface area contributed by atoms with E-state index in [1.54, 1.807) is 0 Å². The lowest BCUT2D eigenvalue weighted by atomic mass is 10.1. The second-order valence-electron chi connectivity index (χ2n) is 5.76. The summed E-state index contributed by atoms with van der Waals surface area (Å²) in [5.74, 6) is 0. The number of morpholine rings is 1. The van der Waals surface area contributed by atoms with Gasteiger partial charge in [0.25, 0.3) is 0 Å². The SMILES string of the molecule is CCNCc1ccc(CN2CCOC(C)(C)C2)nc1. The molecule has 0 aliphatic carbocycles. The summed E-state index contributed by atoms with van der Waals surface area (Å²) in [5.41, 5.74) is 2.34. The van der Waals surface area contributed by atoms with Crippen molar-refractivity contribution >= 4 is 0 Å². The van der Waals surface area contributed by atoms with Gasteiger partial charge in [-0.1, -0.05) is 13.0 Å². The van der Waals surface area contributed by atoms with Crippen molar-refractivity contribution in [1.82, 2.24) is 15.2 Å². The van der Waals surface area contributed by atoms with E-state index in [1.165, 1.54) is 5.56 Å². The second kappa shape index (κ2) is 6.46. The van der Waals surface area contributed by atoms with Crippen LogP contribution >= 0.6 is 0 Å². The van der Waals surface area contributed by atoms with Crippen LogP contribution in [0.5, 0.6) is 0 Å². The number of aromatic nitrogens is 1. The van der Waals surface area contributed by atoms with Gasteiger partial charge in [0.15, 0.2) is 0 Å². The molecule has 19 heavy (non-hydrogen) atoms. The van der Waals surface area contributed by atoms with E-state index in [-0.39, 0.29) is 5.60 Å². The molecule has 1 saturated heterocycles. The Hall–Kier alpha value is -0.970. The quantitative estimate of drug-likeness (QED) is 0.879. The molecule has 1 aliphatic rings. The summed E-state index contributed by atoms with van der Waals surface area (Å²) < 4.78 is 5.73. The molecule has 1 aromatic heterocycles. The first kappa shape index (κ1) is 14.4. The molecule has 0 aromatic carbocycles. The molecular weight excluding hydrogens is 238 g/mol. The summed E-state index contributed by atoms with van der Waals surface area (Å²) in [5, 5.41) is 3.31. The Balaban J connectivity index is 1.88. The smallest absolute Gasteiger partial charge is 0.0753 e. The van der Waals surface area contributed by atoms with Gasteiger partial charge in [-0.2, -0.15) is 0 Å². The van der Waals surface area contributed by atoms with E-state index in [4.69, 9.17) is 4.74 Å². The summed E-state index contributed by atoms with van der Waals surface area (Å²) in [6.45, 7) is 12.0. The van der Waals surface area contributed by atoms with Crippen LogP contribution in [0.4, 0.5) is 0 Å². The van der Waals surface area contributed by atoms with E-state index in [9.17, 15) is 0 Å². The Morgan fingerprint density at radius 3 is 2.89 bits per heavy atom. The number of rotatable bonds is 5. The highest BCUT2D eigenvalue weighted by molar-refractivity contribution is 5.14. The first-order valence-electron chi connectivity index (χ1n) is 7.10. The van der Waals surface area contributed by atoms with Crippen molar-refractivity contribution < 1.29 is 4.74 Å². The van der Waals surface area contributed by atoms with Crippen LogP contribution in [0.3, 0.4) is 0 Å². The molecule has 1 aromatic rings. The molecule has 2 heterocycles. The minimum absolute atomic E-state index is 0.0385. The third kappa shape index (κ3) is 4.56. The first-order valence-corrected chi connectivity index (χ1v) is 7.10. The van der Waals surface area contributed by atoms with E-state index >= 15 is 0 Å². The van der Waals surface area contributed by atoms with Crippen molar-refractivity contribution in [2.45, 2.75) is 39.5 Å². The van der Waals surface area contributed by atoms with Crippen LogP contribution in [-0.4, -0.2) is 41.7 Å². The monoisotopic (exact) mass is 263 g/mol. The fraction of sp³-hybridized carbons (Fsp3) is 0.667. The minimum Gasteiger partial charge on any atom is -0.373 e. The van der Waals surface area contributed by atoms with Crippen molar-refractivity contribution in [3.63, 3.8) is 0 Å². The number of pyridine rings is 1. The maximum absolute atomic E-state index is 5.73. The average molecular weight is 263 g/mol. The van der Waals surface area contributed by atoms with Crippen LogP contribution in [0.15, 0.2) is 18.3 Å². The van der Waals surface area contributed by atoms with E-state index < -0.39 is 0 Å². The molecule has 106 valence electrons. The van der Waals surface area contributed by atoms with Crippen molar-refractivity contribution in [1.29, 1.82) is 0 Å². The predicted octanol–water partition coefficient (Wildman–Crippen LogP) is 1.80. The van der Waals surface area contributed by atoms with Crippen LogP contribution in [0.2, 0.25) is 0 Å². The maximum Gasteiger partial charge on any atom is 0.0753 e. The Morgan fingerprint density at radius 2 is 2.26 bits per heavy atom. The van der Waals surface area contributed by atoms with Gasteiger partial charge in [-0.3, -0.25) is 9.88 Å². The third-order valence-electron chi connectivity index (χ3n) is 3.36. The highest BCUT2D eigenvalue weighted by Gasteiger charge is 2.27. The fourth-order valence-electron chi connectivity index (χ4n) is 2.40. The molecule has 0 radical (unpaired) electrons. The van der Waals surface area contributed by atoms with Gasteiger partial charge in [0.05, 0.1) is 17.9 Å². The van der Waals surface area contributed by atoms with Gasteiger partial charge in [0.1, 0.15) is 0 Å². The van der Waals surface area contributed by atoms with E-state index in [1.807, 2.05) is 6.20 Å². The molecule has 0 bridgehead atoms. The Morgan fingerprint density at radius 1 is 1.42 bits per heavy atom. The molecule has 0 saturated carbocycles. The van der Waals surface area contributed by atoms with Crippen molar-refractivity contribution in [3.8, 4) is 0 Å². The van der Waals surface area contributed by atoms with E-state index in [0.29, 0.717) is 0 Å². The molecule has 1 fully saturated rings. The van der Waals surface area contributed by atoms with Crippen LogP contribution in [0.25, 0.3) is 0 Å². The van der Waals surface area contributed by atoms with Gasteiger partial charge in [-0.25, -0.2) is 0 Å². The Kier molecular flexibility index (Phi) is 4.91. The van der Waals surface area contributed by atoms with E-state index in [2.05, 4.69) is 48.1 Å². The minimum atomic E-state index is -0.0385. The molecule has 0 spiro atoms. The number of hydrogen-bond acceptors (Lipinski definition) is 4. The average Bonchev–Trinajstić information content (AvgIpc) is 2.37. The summed E-state index contributed by atoms with van der Waals surface area (Å²) in [4.78, 5) is 6.96. The fourth-order valence-corrected chi connectivity index (χ4v) is 2.40. The number of ether oxygens (including phenoxy) is 1. The zero-order valence-corrected chi connectivity index (χ0v) is 12.3. The lowest BCUT2D eigenvalue weighted by molar-refractivity contribution is -0.0885. The summed E-state index contributed by atoms with van der Waals surface area (Å²) in [6, 6.07) is 4.30. The van der Waals surface area contributed by atoms with Gasteiger partial charge in [0.2, 0.25) is 0 Å². The number of nitrogens with one attached hydrogen (secondary N) is 1. The zero-order valence-electron chi connectivity index (χ0n) is 12.3. The van der Waals surface area contributed by atoms with Gasteiger partial charge in [-0.05, 0) is 32.0 Å². The third-order valence-corrected chi connectivity index (χ3v) is 3.36. The summed E-state index contributed by atoms with van der Waals surface area (Å²) in [6.07, 6.45) is 1.98. The molecule has 0 amide bonds. The lowest BCUT2D eigenvalue weighted by Crippen LogP contribution is -2.47. The number of hydrogen-bond donors (Lipinski definition) is 1. The van der Waals surface area contributed by atoms with Gasteiger partial charge in [-0.15, -0.1) is 0 Å². The molecule has 2 rings (SSSR count). The van der Waals surface area contributed by atoms with Crippen LogP contribution in [0, 0.1) is 0 Å². The van der Waals surface area contributed by atoms with Crippen LogP contribution in [-0.2, 0) is 17.8 Å². The van der Waals surface area contributed by atoms with Crippen molar-refractivity contribution in [3.05, 3.63) is 29.6 Å². The molecule has 0 atom stereocenters. The standard InChI is InChI=1S/C15H25N3O/c1-4-16-9-13-5-6-14(17-10-13)11-18-7-8-19-15(2,3)12-18/h5-6,10,16H,4,7-9,11-12H2,1-3H3. The largest absolute Gasteiger partial charge is 0.373 e. The Bertz CT molecular complexity index is 389. The van der Waals surface area contributed by atoms with Gasteiger partial charge >= 0.3 is 0 Å². The predicted molar refractivity (Wildman–Crippen MR) is 76.9 cm³/mol. The molecule has 4 heteroatoms. The first-order chi connectivity index (χ1) is 9.09. The topological polar surface area (TPSA) is 37.4 Å². The number of nitrogens with zero attached hydrogens (tertiary/aromatic N) is 2. The highest BCUT2D eigenvalue weighted by atomic mass is 16.5.